The van der Waals surface area contributed by atoms with Crippen LogP contribution in [0.25, 0.3) is 0 Å². The molecule has 1 aromatic rings. The summed E-state index contributed by atoms with van der Waals surface area (Å²) in [5, 5.41) is 14.0. The van der Waals surface area contributed by atoms with Crippen LogP contribution >= 0.6 is 11.6 Å². The molecule has 0 bridgehead atoms. The summed E-state index contributed by atoms with van der Waals surface area (Å²) < 4.78 is 5.11. The van der Waals surface area contributed by atoms with Crippen LogP contribution in [0.1, 0.15) is 45.1 Å². The van der Waals surface area contributed by atoms with Crippen molar-refractivity contribution in [2.75, 3.05) is 13.7 Å². The highest BCUT2D eigenvalue weighted by atomic mass is 35.5. The number of hydrogen-bond acceptors (Lipinski definition) is 3. The van der Waals surface area contributed by atoms with E-state index in [1.54, 1.807) is 12.1 Å². The third-order valence-electron chi connectivity index (χ3n) is 3.63. The number of nitrogens with one attached hydrogen (secondary N) is 1. The first-order chi connectivity index (χ1) is 9.62. The molecule has 114 valence electrons. The molecule has 0 aliphatic heterocycles. The first-order valence-corrected chi connectivity index (χ1v) is 7.76. The molecule has 20 heavy (non-hydrogen) atoms. The van der Waals surface area contributed by atoms with Crippen molar-refractivity contribution in [1.82, 2.24) is 5.32 Å². The Hall–Kier alpha value is -0.930. The van der Waals surface area contributed by atoms with Crippen LogP contribution in [0.2, 0.25) is 5.02 Å². The standard InChI is InChI=1S/C16H26ClNO2/c1-4-6-7-12(5-2)10-18-11-13-8-14(17)9-15(20-3)16(13)19/h8-9,12,18-19H,4-7,10-11H2,1-3H3. The lowest BCUT2D eigenvalue weighted by Gasteiger charge is -2.16. The third kappa shape index (κ3) is 5.22. The zero-order chi connectivity index (χ0) is 15.0. The number of phenols is 1. The molecule has 1 aromatic carbocycles. The van der Waals surface area contributed by atoms with Crippen LogP contribution in [-0.2, 0) is 6.54 Å². The molecular formula is C16H26ClNO2. The van der Waals surface area contributed by atoms with Crippen molar-refractivity contribution < 1.29 is 9.84 Å². The van der Waals surface area contributed by atoms with Crippen molar-refractivity contribution in [3.8, 4) is 11.5 Å². The van der Waals surface area contributed by atoms with Crippen molar-refractivity contribution in [1.29, 1.82) is 0 Å². The summed E-state index contributed by atoms with van der Waals surface area (Å²) in [4.78, 5) is 0. The molecule has 0 spiro atoms. The molecular weight excluding hydrogens is 274 g/mol. The van der Waals surface area contributed by atoms with Gasteiger partial charge in [0.15, 0.2) is 11.5 Å². The molecule has 0 aliphatic rings. The Morgan fingerprint density at radius 2 is 2.10 bits per heavy atom. The first kappa shape index (κ1) is 17.1. The molecule has 0 aromatic heterocycles. The molecule has 1 unspecified atom stereocenters. The van der Waals surface area contributed by atoms with Gasteiger partial charge in [0.2, 0.25) is 0 Å². The quantitative estimate of drug-likeness (QED) is 0.712. The van der Waals surface area contributed by atoms with Gasteiger partial charge in [0, 0.05) is 23.2 Å². The van der Waals surface area contributed by atoms with Crippen molar-refractivity contribution in [3.05, 3.63) is 22.7 Å². The van der Waals surface area contributed by atoms with Gasteiger partial charge in [-0.05, 0) is 24.9 Å². The monoisotopic (exact) mass is 299 g/mol. The highest BCUT2D eigenvalue weighted by Gasteiger charge is 2.11. The number of rotatable bonds is 9. The van der Waals surface area contributed by atoms with Crippen LogP contribution in [0.15, 0.2) is 12.1 Å². The molecule has 0 fully saturated rings. The highest BCUT2D eigenvalue weighted by Crippen LogP contribution is 2.33. The molecule has 0 saturated heterocycles. The fraction of sp³-hybridized carbons (Fsp3) is 0.625. The molecule has 1 rings (SSSR count). The normalized spacial score (nSPS) is 12.4. The van der Waals surface area contributed by atoms with Gasteiger partial charge in [0.05, 0.1) is 7.11 Å². The summed E-state index contributed by atoms with van der Waals surface area (Å²) in [5.74, 6) is 1.29. The Balaban J connectivity index is 2.55. The maximum atomic E-state index is 10.1. The molecule has 4 heteroatoms. The minimum Gasteiger partial charge on any atom is -0.504 e. The second-order valence-corrected chi connectivity index (χ2v) is 5.60. The predicted octanol–water partition coefficient (Wildman–Crippen LogP) is 4.36. The van der Waals surface area contributed by atoms with Gasteiger partial charge in [-0.15, -0.1) is 0 Å². The highest BCUT2D eigenvalue weighted by molar-refractivity contribution is 6.30. The molecule has 0 aliphatic carbocycles. The van der Waals surface area contributed by atoms with Crippen molar-refractivity contribution in [2.45, 2.75) is 46.1 Å². The summed E-state index contributed by atoms with van der Waals surface area (Å²) in [7, 11) is 1.53. The Labute approximate surface area is 127 Å². The van der Waals surface area contributed by atoms with E-state index in [9.17, 15) is 5.11 Å². The maximum Gasteiger partial charge on any atom is 0.162 e. The van der Waals surface area contributed by atoms with Crippen LogP contribution in [0.3, 0.4) is 0 Å². The van der Waals surface area contributed by atoms with Gasteiger partial charge in [-0.2, -0.15) is 0 Å². The SMILES string of the molecule is CCCCC(CC)CNCc1cc(Cl)cc(OC)c1O. The van der Waals surface area contributed by atoms with Crippen molar-refractivity contribution in [3.63, 3.8) is 0 Å². The van der Waals surface area contributed by atoms with Crippen LogP contribution in [0.5, 0.6) is 11.5 Å². The van der Waals surface area contributed by atoms with E-state index < -0.39 is 0 Å². The second kappa shape index (κ2) is 9.09. The summed E-state index contributed by atoms with van der Waals surface area (Å²) in [6.45, 7) is 6.01. The zero-order valence-electron chi connectivity index (χ0n) is 12.7. The third-order valence-corrected chi connectivity index (χ3v) is 3.85. The van der Waals surface area contributed by atoms with E-state index in [1.165, 1.54) is 32.8 Å². The number of methoxy groups -OCH3 is 1. The Bertz CT molecular complexity index is 410. The van der Waals surface area contributed by atoms with Gasteiger partial charge in [-0.1, -0.05) is 44.7 Å². The average Bonchev–Trinajstić information content (AvgIpc) is 2.45. The van der Waals surface area contributed by atoms with Crippen molar-refractivity contribution >= 4 is 11.6 Å². The molecule has 2 N–H and O–H groups in total. The number of ether oxygens (including phenoxy) is 1. The van der Waals surface area contributed by atoms with Crippen LogP contribution in [0.4, 0.5) is 0 Å². The Kier molecular flexibility index (Phi) is 7.78. The van der Waals surface area contributed by atoms with E-state index in [1.807, 2.05) is 0 Å². The van der Waals surface area contributed by atoms with E-state index >= 15 is 0 Å². The fourth-order valence-electron chi connectivity index (χ4n) is 2.27. The largest absolute Gasteiger partial charge is 0.504 e. The summed E-state index contributed by atoms with van der Waals surface area (Å²) in [6.07, 6.45) is 4.95. The van der Waals surface area contributed by atoms with Gasteiger partial charge >= 0.3 is 0 Å². The minimum absolute atomic E-state index is 0.172. The van der Waals surface area contributed by atoms with E-state index in [0.29, 0.717) is 23.2 Å². The lowest BCUT2D eigenvalue weighted by atomic mass is 9.99. The number of benzene rings is 1. The molecule has 0 saturated carbocycles. The number of halogens is 1. The lowest BCUT2D eigenvalue weighted by molar-refractivity contribution is 0.367. The van der Waals surface area contributed by atoms with Crippen molar-refractivity contribution in [2.24, 2.45) is 5.92 Å². The number of unbranched alkanes of at least 4 members (excludes halogenated alkanes) is 1. The van der Waals surface area contributed by atoms with Crippen LogP contribution in [0, 0.1) is 5.92 Å². The van der Waals surface area contributed by atoms with Crippen LogP contribution < -0.4 is 10.1 Å². The summed E-state index contributed by atoms with van der Waals surface area (Å²) >= 11 is 6.02. The minimum atomic E-state index is 0.172. The van der Waals surface area contributed by atoms with E-state index in [0.717, 1.165) is 12.1 Å². The lowest BCUT2D eigenvalue weighted by Crippen LogP contribution is -2.22. The fourth-order valence-corrected chi connectivity index (χ4v) is 2.50. The smallest absolute Gasteiger partial charge is 0.162 e. The number of aromatic hydroxyl groups is 1. The predicted molar refractivity (Wildman–Crippen MR) is 84.7 cm³/mol. The number of phenolic OH excluding ortho intramolecular Hbond substituents is 1. The average molecular weight is 300 g/mol. The second-order valence-electron chi connectivity index (χ2n) is 5.16. The molecule has 3 nitrogen and oxygen atoms in total. The van der Waals surface area contributed by atoms with E-state index in [4.69, 9.17) is 16.3 Å². The van der Waals surface area contributed by atoms with Crippen LogP contribution in [-0.4, -0.2) is 18.8 Å². The van der Waals surface area contributed by atoms with Gasteiger partial charge in [-0.25, -0.2) is 0 Å². The molecule has 0 heterocycles. The van der Waals surface area contributed by atoms with Gasteiger partial charge < -0.3 is 15.2 Å². The number of hydrogen-bond donors (Lipinski definition) is 2. The summed E-state index contributed by atoms with van der Waals surface area (Å²) in [6, 6.07) is 3.40. The van der Waals surface area contributed by atoms with Gasteiger partial charge in [-0.3, -0.25) is 0 Å². The Morgan fingerprint density at radius 1 is 1.35 bits per heavy atom. The Morgan fingerprint density at radius 3 is 2.70 bits per heavy atom. The summed E-state index contributed by atoms with van der Waals surface area (Å²) in [5.41, 5.74) is 0.777. The maximum absolute atomic E-state index is 10.1. The zero-order valence-corrected chi connectivity index (χ0v) is 13.5. The van der Waals surface area contributed by atoms with Gasteiger partial charge in [0.1, 0.15) is 0 Å². The molecule has 0 radical (unpaired) electrons. The molecule has 0 amide bonds. The topological polar surface area (TPSA) is 41.5 Å². The first-order valence-electron chi connectivity index (χ1n) is 7.38. The van der Waals surface area contributed by atoms with Gasteiger partial charge in [0.25, 0.3) is 0 Å². The van der Waals surface area contributed by atoms with E-state index in [2.05, 4.69) is 19.2 Å². The molecule has 1 atom stereocenters. The van der Waals surface area contributed by atoms with E-state index in [-0.39, 0.29) is 5.75 Å².